The predicted molar refractivity (Wildman–Crippen MR) is 92.6 cm³/mol. The second-order valence-electron chi connectivity index (χ2n) is 4.72. The highest BCUT2D eigenvalue weighted by Crippen LogP contribution is 2.22. The van der Waals surface area contributed by atoms with Crippen molar-refractivity contribution in [1.29, 1.82) is 0 Å². The number of carbonyl (C=O) groups excluding carboxylic acids is 1. The maximum Gasteiger partial charge on any atom is 0.257 e. The van der Waals surface area contributed by atoms with Gasteiger partial charge in [-0.3, -0.25) is 4.79 Å². The van der Waals surface area contributed by atoms with Gasteiger partial charge in [-0.15, -0.1) is 0 Å². The van der Waals surface area contributed by atoms with Crippen LogP contribution in [0.5, 0.6) is 0 Å². The Balaban J connectivity index is 1.33. The first-order chi connectivity index (χ1) is 11.3. The molecule has 0 radical (unpaired) electrons. The highest BCUT2D eigenvalue weighted by atomic mass is 32.2. The molecule has 0 aliphatic rings. The molecule has 0 aliphatic carbocycles. The van der Waals surface area contributed by atoms with Crippen molar-refractivity contribution >= 4 is 40.5 Å². The average molecular weight is 348 g/mol. The topological polar surface area (TPSA) is 68.3 Å². The molecule has 7 heteroatoms. The van der Waals surface area contributed by atoms with E-state index in [4.69, 9.17) is 8.83 Å². The number of nitrogens with one attached hydrogen (secondary N) is 1. The summed E-state index contributed by atoms with van der Waals surface area (Å²) in [5, 5.41) is 3.41. The number of para-hydroxylation sites is 2. The van der Waals surface area contributed by atoms with Crippen LogP contribution in [0.25, 0.3) is 11.1 Å². The number of benzene rings is 1. The molecule has 0 bridgehead atoms. The second kappa shape index (κ2) is 8.12. The number of aromatic nitrogens is 1. The Morgan fingerprint density at radius 3 is 2.96 bits per heavy atom. The predicted octanol–water partition coefficient (Wildman–Crippen LogP) is 3.56. The van der Waals surface area contributed by atoms with E-state index < -0.39 is 0 Å². The molecule has 3 rings (SSSR count). The van der Waals surface area contributed by atoms with Crippen LogP contribution in [-0.2, 0) is 10.5 Å². The van der Waals surface area contributed by atoms with Crippen molar-refractivity contribution in [3.8, 4) is 0 Å². The highest BCUT2D eigenvalue weighted by molar-refractivity contribution is 7.99. The van der Waals surface area contributed by atoms with Crippen molar-refractivity contribution in [2.24, 2.45) is 0 Å². The summed E-state index contributed by atoms with van der Waals surface area (Å²) < 4.78 is 10.8. The largest absolute Gasteiger partial charge is 0.468 e. The minimum absolute atomic E-state index is 0.0177. The third-order valence-electron chi connectivity index (χ3n) is 2.99. The molecule has 1 aromatic carbocycles. The third kappa shape index (κ3) is 4.80. The van der Waals surface area contributed by atoms with Crippen molar-refractivity contribution in [1.82, 2.24) is 10.3 Å². The summed E-state index contributed by atoms with van der Waals surface area (Å²) in [6, 6.07) is 11.4. The number of hydrogen-bond acceptors (Lipinski definition) is 6. The first kappa shape index (κ1) is 16.0. The normalized spacial score (nSPS) is 11.0. The van der Waals surface area contributed by atoms with Crippen molar-refractivity contribution in [2.75, 3.05) is 18.1 Å². The van der Waals surface area contributed by atoms with Gasteiger partial charge >= 0.3 is 0 Å². The molecule has 1 amide bonds. The molecule has 5 nitrogen and oxygen atoms in total. The lowest BCUT2D eigenvalue weighted by Gasteiger charge is -2.03. The van der Waals surface area contributed by atoms with Gasteiger partial charge in [0.15, 0.2) is 5.58 Å². The zero-order valence-electron chi connectivity index (χ0n) is 12.4. The molecular formula is C16H16N2O3S2. The molecule has 0 spiro atoms. The van der Waals surface area contributed by atoms with E-state index >= 15 is 0 Å². The molecule has 0 saturated carbocycles. The van der Waals surface area contributed by atoms with E-state index in [0.29, 0.717) is 17.5 Å². The summed E-state index contributed by atoms with van der Waals surface area (Å²) in [7, 11) is 0. The van der Waals surface area contributed by atoms with Crippen LogP contribution >= 0.6 is 23.5 Å². The molecule has 1 N–H and O–H groups in total. The van der Waals surface area contributed by atoms with Crippen LogP contribution in [0.1, 0.15) is 5.76 Å². The number of amides is 1. The fraction of sp³-hybridized carbons (Fsp3) is 0.250. The Bertz CT molecular complexity index is 723. The third-order valence-corrected chi connectivity index (χ3v) is 4.80. The van der Waals surface area contributed by atoms with Crippen molar-refractivity contribution in [3.05, 3.63) is 48.4 Å². The van der Waals surface area contributed by atoms with Crippen LogP contribution in [-0.4, -0.2) is 28.9 Å². The number of furan rings is 1. The lowest BCUT2D eigenvalue weighted by Crippen LogP contribution is -2.27. The van der Waals surface area contributed by atoms with Crippen molar-refractivity contribution in [3.63, 3.8) is 0 Å². The van der Waals surface area contributed by atoms with Crippen LogP contribution in [0.2, 0.25) is 0 Å². The average Bonchev–Trinajstić information content (AvgIpc) is 3.21. The zero-order valence-corrected chi connectivity index (χ0v) is 14.0. The lowest BCUT2D eigenvalue weighted by molar-refractivity contribution is -0.118. The van der Waals surface area contributed by atoms with Gasteiger partial charge in [-0.2, -0.15) is 11.8 Å². The maximum absolute atomic E-state index is 11.8. The molecule has 0 fully saturated rings. The van der Waals surface area contributed by atoms with E-state index in [2.05, 4.69) is 10.3 Å². The summed E-state index contributed by atoms with van der Waals surface area (Å²) in [6.07, 6.45) is 1.67. The molecule has 0 unspecified atom stereocenters. The lowest BCUT2D eigenvalue weighted by atomic mass is 10.3. The van der Waals surface area contributed by atoms with E-state index in [-0.39, 0.29) is 5.91 Å². The maximum atomic E-state index is 11.8. The molecular weight excluding hydrogens is 332 g/mol. The van der Waals surface area contributed by atoms with Crippen molar-refractivity contribution in [2.45, 2.75) is 11.0 Å². The summed E-state index contributed by atoms with van der Waals surface area (Å²) in [4.78, 5) is 16.1. The Labute approximate surface area is 142 Å². The Hall–Kier alpha value is -1.86. The van der Waals surface area contributed by atoms with E-state index in [0.717, 1.165) is 28.4 Å². The van der Waals surface area contributed by atoms with E-state index in [9.17, 15) is 4.79 Å². The van der Waals surface area contributed by atoms with E-state index in [1.807, 2.05) is 36.4 Å². The number of carbonyl (C=O) groups is 1. The van der Waals surface area contributed by atoms with Gasteiger partial charge in [0.2, 0.25) is 5.91 Å². The van der Waals surface area contributed by atoms with Crippen LogP contribution in [0.15, 0.2) is 56.7 Å². The number of rotatable bonds is 8. The number of nitrogens with zero attached hydrogens (tertiary/aromatic N) is 1. The number of thioether (sulfide) groups is 2. The van der Waals surface area contributed by atoms with Crippen LogP contribution in [0.3, 0.4) is 0 Å². The fourth-order valence-corrected chi connectivity index (χ4v) is 3.35. The first-order valence-corrected chi connectivity index (χ1v) is 9.30. The van der Waals surface area contributed by atoms with Gasteiger partial charge < -0.3 is 14.2 Å². The minimum atomic E-state index is -0.0177. The van der Waals surface area contributed by atoms with E-state index in [1.165, 1.54) is 11.8 Å². The van der Waals surface area contributed by atoms with Gasteiger partial charge in [0, 0.05) is 12.3 Å². The molecule has 0 saturated heterocycles. The van der Waals surface area contributed by atoms with Crippen LogP contribution in [0.4, 0.5) is 0 Å². The Morgan fingerprint density at radius 2 is 2.13 bits per heavy atom. The quantitative estimate of drug-likeness (QED) is 0.496. The second-order valence-corrected chi connectivity index (χ2v) is 6.75. The first-order valence-electron chi connectivity index (χ1n) is 7.16. The highest BCUT2D eigenvalue weighted by Gasteiger charge is 2.08. The van der Waals surface area contributed by atoms with Crippen LogP contribution in [0, 0.1) is 0 Å². The van der Waals surface area contributed by atoms with Gasteiger partial charge in [-0.25, -0.2) is 4.98 Å². The molecule has 0 atom stereocenters. The van der Waals surface area contributed by atoms with Gasteiger partial charge in [0.25, 0.3) is 5.22 Å². The van der Waals surface area contributed by atoms with Crippen molar-refractivity contribution < 1.29 is 13.6 Å². The zero-order chi connectivity index (χ0) is 15.9. The van der Waals surface area contributed by atoms with Gasteiger partial charge in [-0.05, 0) is 24.3 Å². The molecule has 3 aromatic rings. The number of oxazole rings is 1. The summed E-state index contributed by atoms with van der Waals surface area (Å²) in [6.45, 7) is 0.637. The fourth-order valence-electron chi connectivity index (χ4n) is 1.92. The summed E-state index contributed by atoms with van der Waals surface area (Å²) in [5.74, 6) is 2.90. The Morgan fingerprint density at radius 1 is 1.22 bits per heavy atom. The Kier molecular flexibility index (Phi) is 5.65. The SMILES string of the molecule is O=C(CSc1nc2ccccc2o1)NCCSCc1ccco1. The molecule has 2 heterocycles. The number of hydrogen-bond donors (Lipinski definition) is 1. The molecule has 0 aliphatic heterocycles. The molecule has 23 heavy (non-hydrogen) atoms. The molecule has 2 aromatic heterocycles. The van der Waals surface area contributed by atoms with E-state index in [1.54, 1.807) is 18.0 Å². The smallest absolute Gasteiger partial charge is 0.257 e. The summed E-state index contributed by atoms with van der Waals surface area (Å²) in [5.41, 5.74) is 1.55. The monoisotopic (exact) mass is 348 g/mol. The van der Waals surface area contributed by atoms with Crippen LogP contribution < -0.4 is 5.32 Å². The summed E-state index contributed by atoms with van der Waals surface area (Å²) >= 11 is 3.03. The standard InChI is InChI=1S/C16H16N2O3S2/c19-15(17-7-9-22-10-12-4-3-8-20-12)11-23-16-18-13-5-1-2-6-14(13)21-16/h1-6,8H,7,9-11H2,(H,17,19). The molecule has 120 valence electrons. The minimum Gasteiger partial charge on any atom is -0.468 e. The van der Waals surface area contributed by atoms with Gasteiger partial charge in [0.05, 0.1) is 17.8 Å². The number of fused-ring (bicyclic) bond motifs is 1. The van der Waals surface area contributed by atoms with Gasteiger partial charge in [-0.1, -0.05) is 23.9 Å². The van der Waals surface area contributed by atoms with Gasteiger partial charge in [0.1, 0.15) is 11.3 Å².